The Morgan fingerprint density at radius 2 is 1.23 bits per heavy atom. The number of fused-ring (bicyclic) bond motifs is 1. The summed E-state index contributed by atoms with van der Waals surface area (Å²) < 4.78 is 0. The Morgan fingerprint density at radius 1 is 0.513 bits per heavy atom. The van der Waals surface area contributed by atoms with Crippen LogP contribution in [0.4, 0.5) is 0 Å². The van der Waals surface area contributed by atoms with E-state index in [2.05, 4.69) is 131 Å². The smallest absolute Gasteiger partial charge is 0.0786 e. The van der Waals surface area contributed by atoms with Crippen LogP contribution in [-0.4, -0.2) is 9.97 Å². The molecule has 2 aromatic heterocycles. The van der Waals surface area contributed by atoms with Gasteiger partial charge in [-0.2, -0.15) is 0 Å². The third kappa shape index (κ3) is 4.75. The SMILES string of the molecule is Cc1c(-c2ccccc2)cccc1-c1ccc(-c2cccc(-c3cc(C(C)(C)C)ccn3)c2)c2cccnc12. The number of benzene rings is 4. The lowest BCUT2D eigenvalue weighted by Crippen LogP contribution is -2.11. The molecule has 2 heteroatoms. The van der Waals surface area contributed by atoms with Gasteiger partial charge >= 0.3 is 0 Å². The fraction of sp³-hybridized carbons (Fsp3) is 0.135. The lowest BCUT2D eigenvalue weighted by atomic mass is 9.86. The van der Waals surface area contributed by atoms with Gasteiger partial charge < -0.3 is 0 Å². The molecule has 2 heterocycles. The van der Waals surface area contributed by atoms with Crippen LogP contribution >= 0.6 is 0 Å². The maximum atomic E-state index is 4.89. The average Bonchev–Trinajstić information content (AvgIpc) is 2.97. The average molecular weight is 505 g/mol. The molecule has 0 N–H and O–H groups in total. The quantitative estimate of drug-likeness (QED) is 0.239. The Hall–Kier alpha value is -4.56. The van der Waals surface area contributed by atoms with Crippen molar-refractivity contribution in [2.45, 2.75) is 33.1 Å². The van der Waals surface area contributed by atoms with Gasteiger partial charge in [-0.3, -0.25) is 9.97 Å². The number of hydrogen-bond donors (Lipinski definition) is 0. The molecule has 0 aliphatic heterocycles. The van der Waals surface area contributed by atoms with Crippen LogP contribution in [-0.2, 0) is 5.41 Å². The molecule has 39 heavy (non-hydrogen) atoms. The van der Waals surface area contributed by atoms with E-state index in [1.807, 2.05) is 18.5 Å². The highest BCUT2D eigenvalue weighted by Gasteiger charge is 2.16. The maximum Gasteiger partial charge on any atom is 0.0786 e. The summed E-state index contributed by atoms with van der Waals surface area (Å²) in [6.45, 7) is 8.92. The predicted octanol–water partition coefficient (Wildman–Crippen LogP) is 9.90. The van der Waals surface area contributed by atoms with Gasteiger partial charge in [0.25, 0.3) is 0 Å². The molecule has 0 atom stereocenters. The Kier molecular flexibility index (Phi) is 6.32. The second kappa shape index (κ2) is 9.96. The van der Waals surface area contributed by atoms with Crippen LogP contribution in [0.5, 0.6) is 0 Å². The van der Waals surface area contributed by atoms with Crippen molar-refractivity contribution in [1.82, 2.24) is 9.97 Å². The second-order valence-electron chi connectivity index (χ2n) is 11.2. The molecular formula is C37H32N2. The molecule has 4 aromatic carbocycles. The van der Waals surface area contributed by atoms with E-state index in [-0.39, 0.29) is 5.41 Å². The van der Waals surface area contributed by atoms with Gasteiger partial charge in [-0.05, 0) is 75.5 Å². The van der Waals surface area contributed by atoms with E-state index in [0.717, 1.165) is 33.3 Å². The van der Waals surface area contributed by atoms with E-state index in [1.165, 1.54) is 33.4 Å². The van der Waals surface area contributed by atoms with Crippen molar-refractivity contribution in [3.63, 3.8) is 0 Å². The molecule has 0 fully saturated rings. The lowest BCUT2D eigenvalue weighted by molar-refractivity contribution is 0.589. The molecular weight excluding hydrogens is 472 g/mol. The summed E-state index contributed by atoms with van der Waals surface area (Å²) in [6.07, 6.45) is 3.81. The zero-order valence-electron chi connectivity index (χ0n) is 22.9. The van der Waals surface area contributed by atoms with Crippen molar-refractivity contribution in [1.29, 1.82) is 0 Å². The third-order valence-electron chi connectivity index (χ3n) is 7.57. The highest BCUT2D eigenvalue weighted by Crippen LogP contribution is 2.39. The first-order chi connectivity index (χ1) is 18.9. The first kappa shape index (κ1) is 24.8. The van der Waals surface area contributed by atoms with Crippen molar-refractivity contribution in [3.05, 3.63) is 133 Å². The third-order valence-corrected chi connectivity index (χ3v) is 7.57. The Labute approximate surface area is 231 Å². The van der Waals surface area contributed by atoms with E-state index in [1.54, 1.807) is 0 Å². The maximum absolute atomic E-state index is 4.89. The molecule has 0 spiro atoms. The van der Waals surface area contributed by atoms with Crippen LogP contribution in [0.3, 0.4) is 0 Å². The highest BCUT2D eigenvalue weighted by molar-refractivity contribution is 6.03. The molecule has 0 aliphatic rings. The summed E-state index contributed by atoms with van der Waals surface area (Å²) in [6, 6.07) is 38.9. The second-order valence-corrected chi connectivity index (χ2v) is 11.2. The molecule has 6 rings (SSSR count). The van der Waals surface area contributed by atoms with Crippen LogP contribution in [0, 0.1) is 6.92 Å². The lowest BCUT2D eigenvalue weighted by Gasteiger charge is -2.19. The number of nitrogens with zero attached hydrogens (tertiary/aromatic N) is 2. The van der Waals surface area contributed by atoms with Crippen molar-refractivity contribution in [3.8, 4) is 44.6 Å². The van der Waals surface area contributed by atoms with Gasteiger partial charge in [-0.1, -0.05) is 106 Å². The molecule has 0 amide bonds. The van der Waals surface area contributed by atoms with Gasteiger partial charge in [0.1, 0.15) is 0 Å². The summed E-state index contributed by atoms with van der Waals surface area (Å²) >= 11 is 0. The standard InChI is InChI=1S/C37H32N2/c1-25-30(26-11-6-5-7-12-26)15-9-16-31(25)34-19-18-32(33-17-10-21-39-36(33)34)27-13-8-14-28(23-27)35-24-29(20-22-38-35)37(2,3)4/h5-24H,1-4H3. The Morgan fingerprint density at radius 3 is 2.05 bits per heavy atom. The Balaban J connectivity index is 1.47. The van der Waals surface area contributed by atoms with Crippen molar-refractivity contribution >= 4 is 10.9 Å². The molecule has 6 aromatic rings. The number of hydrogen-bond acceptors (Lipinski definition) is 2. The molecule has 0 saturated heterocycles. The summed E-state index contributed by atoms with van der Waals surface area (Å²) in [5.41, 5.74) is 12.9. The normalized spacial score (nSPS) is 11.6. The van der Waals surface area contributed by atoms with Gasteiger partial charge in [0.15, 0.2) is 0 Å². The number of aromatic nitrogens is 2. The molecule has 2 nitrogen and oxygen atoms in total. The summed E-state index contributed by atoms with van der Waals surface area (Å²) in [7, 11) is 0. The predicted molar refractivity (Wildman–Crippen MR) is 165 cm³/mol. The van der Waals surface area contributed by atoms with Crippen molar-refractivity contribution in [2.24, 2.45) is 0 Å². The zero-order valence-corrected chi connectivity index (χ0v) is 22.9. The van der Waals surface area contributed by atoms with Crippen molar-refractivity contribution in [2.75, 3.05) is 0 Å². The fourth-order valence-electron chi connectivity index (χ4n) is 5.40. The Bertz CT molecular complexity index is 1790. The van der Waals surface area contributed by atoms with E-state index >= 15 is 0 Å². The zero-order chi connectivity index (χ0) is 27.0. The van der Waals surface area contributed by atoms with Crippen molar-refractivity contribution < 1.29 is 0 Å². The first-order valence-corrected chi connectivity index (χ1v) is 13.5. The monoisotopic (exact) mass is 504 g/mol. The minimum absolute atomic E-state index is 0.0724. The highest BCUT2D eigenvalue weighted by atomic mass is 14.7. The topological polar surface area (TPSA) is 25.8 Å². The number of rotatable bonds is 4. The fourth-order valence-corrected chi connectivity index (χ4v) is 5.40. The molecule has 0 saturated carbocycles. The molecule has 0 unspecified atom stereocenters. The summed E-state index contributed by atoms with van der Waals surface area (Å²) in [4.78, 5) is 9.60. The van der Waals surface area contributed by atoms with E-state index in [0.29, 0.717) is 0 Å². The molecule has 0 radical (unpaired) electrons. The minimum atomic E-state index is 0.0724. The van der Waals surface area contributed by atoms with Crippen LogP contribution < -0.4 is 0 Å². The first-order valence-electron chi connectivity index (χ1n) is 13.5. The van der Waals surface area contributed by atoms with Crippen LogP contribution in [0.15, 0.2) is 122 Å². The van der Waals surface area contributed by atoms with E-state index in [9.17, 15) is 0 Å². The van der Waals surface area contributed by atoms with Crippen LogP contribution in [0.1, 0.15) is 31.9 Å². The van der Waals surface area contributed by atoms with Crippen LogP contribution in [0.2, 0.25) is 0 Å². The number of pyridine rings is 2. The summed E-state index contributed by atoms with van der Waals surface area (Å²) in [5.74, 6) is 0. The molecule has 0 bridgehead atoms. The molecule has 190 valence electrons. The largest absolute Gasteiger partial charge is 0.256 e. The van der Waals surface area contributed by atoms with Gasteiger partial charge in [-0.25, -0.2) is 0 Å². The van der Waals surface area contributed by atoms with Gasteiger partial charge in [0.2, 0.25) is 0 Å². The van der Waals surface area contributed by atoms with E-state index < -0.39 is 0 Å². The van der Waals surface area contributed by atoms with Gasteiger partial charge in [0, 0.05) is 28.9 Å². The van der Waals surface area contributed by atoms with Crippen LogP contribution in [0.25, 0.3) is 55.5 Å². The summed E-state index contributed by atoms with van der Waals surface area (Å²) in [5, 5.41) is 1.15. The molecule has 0 aliphatic carbocycles. The van der Waals surface area contributed by atoms with E-state index in [4.69, 9.17) is 9.97 Å². The van der Waals surface area contributed by atoms with Gasteiger partial charge in [0.05, 0.1) is 11.2 Å². The minimum Gasteiger partial charge on any atom is -0.256 e. The van der Waals surface area contributed by atoms with Gasteiger partial charge in [-0.15, -0.1) is 0 Å².